The van der Waals surface area contributed by atoms with Gasteiger partial charge in [-0.2, -0.15) is 41.6 Å². The Kier molecular flexibility index (Phi) is 9.39. The van der Waals surface area contributed by atoms with Gasteiger partial charge in [-0.15, -0.1) is 0 Å². The standard InChI is InChI=1S/C38H27Cl2F6N9O2/c39-24-4-1-2-5-26(24)54-33-23(8-11-29(50-33)38(44,45)46)31(52-35(54)57)53-36(12-3-13-36)17-19-6-9-27(25(40)16-19)55-32-22(7-10-28(49-32)37(41,42)43)30(51-34(55)56)48-21-14-20(15-21)18-47/h1-2,4-11,16,20-21H,3,12-15,17H2,(H,48,51,56)(H,52,53,57)/t20-,21+. The molecule has 2 N–H and O–H groups in total. The van der Waals surface area contributed by atoms with Crippen LogP contribution < -0.4 is 22.0 Å². The molecule has 0 radical (unpaired) electrons. The lowest BCUT2D eigenvalue weighted by Crippen LogP contribution is -2.47. The van der Waals surface area contributed by atoms with Crippen LogP contribution in [-0.4, -0.2) is 40.7 Å². The van der Waals surface area contributed by atoms with E-state index in [0.29, 0.717) is 31.2 Å². The molecule has 2 aromatic carbocycles. The van der Waals surface area contributed by atoms with Gasteiger partial charge in [-0.3, -0.25) is 0 Å². The lowest BCUT2D eigenvalue weighted by atomic mass is 9.72. The summed E-state index contributed by atoms with van der Waals surface area (Å²) in [6, 6.07) is 16.7. The van der Waals surface area contributed by atoms with Gasteiger partial charge in [-0.25, -0.2) is 28.7 Å². The molecular formula is C38H27Cl2F6N9O2. The number of para-hydroxylation sites is 1. The second-order valence-electron chi connectivity index (χ2n) is 14.1. The minimum atomic E-state index is -4.82. The summed E-state index contributed by atoms with van der Waals surface area (Å²) in [4.78, 5) is 43.1. The summed E-state index contributed by atoms with van der Waals surface area (Å²) in [6.45, 7) is 0. The number of fused-ring (bicyclic) bond motifs is 2. The molecule has 0 unspecified atom stereocenters. The van der Waals surface area contributed by atoms with Gasteiger partial charge in [-0.05, 0) is 92.6 Å². The van der Waals surface area contributed by atoms with Crippen LogP contribution >= 0.6 is 23.2 Å². The highest BCUT2D eigenvalue weighted by Gasteiger charge is 2.39. The van der Waals surface area contributed by atoms with Crippen molar-refractivity contribution in [2.45, 2.75) is 62.5 Å². The quantitative estimate of drug-likeness (QED) is 0.144. The van der Waals surface area contributed by atoms with Gasteiger partial charge in [0.25, 0.3) is 0 Å². The average Bonchev–Trinajstić information content (AvgIpc) is 3.12. The molecule has 292 valence electrons. The van der Waals surface area contributed by atoms with Gasteiger partial charge >= 0.3 is 23.7 Å². The molecule has 0 amide bonds. The molecule has 6 aromatic rings. The van der Waals surface area contributed by atoms with E-state index < -0.39 is 40.7 Å². The summed E-state index contributed by atoms with van der Waals surface area (Å²) >= 11 is 13.1. The van der Waals surface area contributed by atoms with Crippen molar-refractivity contribution in [3.8, 4) is 17.4 Å². The Hall–Kier alpha value is -5.73. The Bertz CT molecular complexity index is 2750. The number of hydrogen-bond donors (Lipinski definition) is 2. The Morgan fingerprint density at radius 3 is 1.84 bits per heavy atom. The van der Waals surface area contributed by atoms with Crippen LogP contribution in [0.4, 0.5) is 38.0 Å². The van der Waals surface area contributed by atoms with Crippen molar-refractivity contribution in [1.82, 2.24) is 29.1 Å². The smallest absolute Gasteiger partial charge is 0.366 e. The molecule has 0 bridgehead atoms. The van der Waals surface area contributed by atoms with Crippen LogP contribution in [0.15, 0.2) is 76.3 Å². The van der Waals surface area contributed by atoms with E-state index in [2.05, 4.69) is 36.6 Å². The Balaban J connectivity index is 1.15. The lowest BCUT2D eigenvalue weighted by Gasteiger charge is -2.43. The first-order valence-corrected chi connectivity index (χ1v) is 18.3. The molecule has 2 aliphatic rings. The molecule has 4 aromatic heterocycles. The van der Waals surface area contributed by atoms with Gasteiger partial charge in [0.1, 0.15) is 23.0 Å². The zero-order valence-electron chi connectivity index (χ0n) is 29.2. The van der Waals surface area contributed by atoms with Crippen LogP contribution in [0.25, 0.3) is 33.4 Å². The number of nitriles is 1. The van der Waals surface area contributed by atoms with Crippen molar-refractivity contribution in [2.24, 2.45) is 5.92 Å². The Labute approximate surface area is 327 Å². The number of anilines is 2. The molecule has 11 nitrogen and oxygen atoms in total. The van der Waals surface area contributed by atoms with E-state index in [9.17, 15) is 35.9 Å². The topological polar surface area (TPSA) is 143 Å². The van der Waals surface area contributed by atoms with Gasteiger partial charge < -0.3 is 10.6 Å². The molecule has 0 aliphatic heterocycles. The minimum Gasteiger partial charge on any atom is -0.366 e. The number of alkyl halides is 6. The van der Waals surface area contributed by atoms with E-state index in [1.807, 2.05) is 0 Å². The van der Waals surface area contributed by atoms with E-state index in [4.69, 9.17) is 28.5 Å². The number of nitrogens with one attached hydrogen (secondary N) is 2. The normalized spacial score (nSPS) is 17.8. The lowest BCUT2D eigenvalue weighted by molar-refractivity contribution is -0.141. The maximum Gasteiger partial charge on any atom is 0.433 e. The molecule has 4 heterocycles. The fourth-order valence-corrected chi connectivity index (χ4v) is 7.76. The van der Waals surface area contributed by atoms with E-state index in [0.717, 1.165) is 27.7 Å². The number of aromatic nitrogens is 6. The fourth-order valence-electron chi connectivity index (χ4n) is 7.26. The molecule has 2 fully saturated rings. The maximum absolute atomic E-state index is 13.9. The first-order chi connectivity index (χ1) is 27.0. The number of halogens is 8. The van der Waals surface area contributed by atoms with Crippen LogP contribution in [-0.2, 0) is 18.8 Å². The van der Waals surface area contributed by atoms with Gasteiger partial charge in [0.05, 0.1) is 44.2 Å². The highest BCUT2D eigenvalue weighted by atomic mass is 35.5. The molecule has 2 aliphatic carbocycles. The van der Waals surface area contributed by atoms with Gasteiger partial charge in [0.15, 0.2) is 11.3 Å². The fraction of sp³-hybridized carbons (Fsp3) is 0.289. The number of benzene rings is 2. The molecule has 2 saturated carbocycles. The van der Waals surface area contributed by atoms with Crippen molar-refractivity contribution in [3.05, 3.63) is 115 Å². The van der Waals surface area contributed by atoms with Crippen LogP contribution in [0.3, 0.4) is 0 Å². The monoisotopic (exact) mass is 825 g/mol. The minimum absolute atomic E-state index is 0.00209. The molecule has 8 rings (SSSR count). The molecule has 0 atom stereocenters. The summed E-state index contributed by atoms with van der Waals surface area (Å²) < 4.78 is 84.9. The van der Waals surface area contributed by atoms with Crippen molar-refractivity contribution < 1.29 is 26.3 Å². The largest absolute Gasteiger partial charge is 0.433 e. The van der Waals surface area contributed by atoms with Gasteiger partial charge in [0.2, 0.25) is 0 Å². The van der Waals surface area contributed by atoms with E-state index in [-0.39, 0.29) is 73.5 Å². The average molecular weight is 827 g/mol. The predicted molar refractivity (Wildman–Crippen MR) is 200 cm³/mol. The Morgan fingerprint density at radius 2 is 1.32 bits per heavy atom. The van der Waals surface area contributed by atoms with Crippen LogP contribution in [0.1, 0.15) is 49.1 Å². The second kappa shape index (κ2) is 14.0. The zero-order chi connectivity index (χ0) is 40.4. The van der Waals surface area contributed by atoms with Crippen molar-refractivity contribution in [2.75, 3.05) is 10.6 Å². The van der Waals surface area contributed by atoms with E-state index >= 15 is 0 Å². The molecule has 0 saturated heterocycles. The molecule has 57 heavy (non-hydrogen) atoms. The number of nitrogens with zero attached hydrogens (tertiary/aromatic N) is 7. The van der Waals surface area contributed by atoms with Crippen molar-refractivity contribution >= 4 is 56.9 Å². The summed E-state index contributed by atoms with van der Waals surface area (Å²) in [5.74, 6) is -0.140. The summed E-state index contributed by atoms with van der Waals surface area (Å²) in [5.41, 5.74) is -4.94. The number of pyridine rings is 2. The maximum atomic E-state index is 13.9. The van der Waals surface area contributed by atoms with E-state index in [1.54, 1.807) is 24.3 Å². The SMILES string of the molecule is N#C[C@H]1C[C@@H](Nc2nc(=O)n(-c3ccc(CC4(Nc5nc(=O)n(-c6ccccc6Cl)c6nc(C(F)(F)F)ccc56)CCC4)cc3Cl)c3nc(C(F)(F)F)ccc23)C1. The van der Waals surface area contributed by atoms with Crippen molar-refractivity contribution in [3.63, 3.8) is 0 Å². The van der Waals surface area contributed by atoms with Gasteiger partial charge in [-0.1, -0.05) is 41.4 Å². The summed E-state index contributed by atoms with van der Waals surface area (Å²) in [5, 5.41) is 15.9. The van der Waals surface area contributed by atoms with Crippen molar-refractivity contribution in [1.29, 1.82) is 5.26 Å². The first-order valence-electron chi connectivity index (χ1n) is 17.5. The first kappa shape index (κ1) is 38.2. The van der Waals surface area contributed by atoms with E-state index in [1.165, 1.54) is 30.3 Å². The number of hydrogen-bond acceptors (Lipinski definition) is 9. The third-order valence-electron chi connectivity index (χ3n) is 10.3. The van der Waals surface area contributed by atoms with Crippen LogP contribution in [0.2, 0.25) is 10.0 Å². The molecule has 19 heteroatoms. The number of rotatable bonds is 8. The molecular weight excluding hydrogens is 799 g/mol. The highest BCUT2D eigenvalue weighted by Crippen LogP contribution is 2.41. The predicted octanol–water partition coefficient (Wildman–Crippen LogP) is 8.51. The third kappa shape index (κ3) is 7.12. The highest BCUT2D eigenvalue weighted by molar-refractivity contribution is 6.32. The molecule has 0 spiro atoms. The summed E-state index contributed by atoms with van der Waals surface area (Å²) in [6.07, 6.45) is -6.50. The van der Waals surface area contributed by atoms with Gasteiger partial charge in [0, 0.05) is 11.6 Å². The van der Waals surface area contributed by atoms with Crippen LogP contribution in [0, 0.1) is 17.2 Å². The summed E-state index contributed by atoms with van der Waals surface area (Å²) in [7, 11) is 0. The van der Waals surface area contributed by atoms with Crippen LogP contribution in [0.5, 0.6) is 0 Å². The second-order valence-corrected chi connectivity index (χ2v) is 14.9. The Morgan fingerprint density at radius 1 is 0.754 bits per heavy atom. The zero-order valence-corrected chi connectivity index (χ0v) is 30.7. The third-order valence-corrected chi connectivity index (χ3v) is 10.9.